The first-order chi connectivity index (χ1) is 7.58. The second kappa shape index (κ2) is 6.64. The minimum absolute atomic E-state index is 0.146. The van der Waals surface area contributed by atoms with Gasteiger partial charge in [0.1, 0.15) is 5.82 Å². The highest BCUT2D eigenvalue weighted by Gasteiger charge is 2.03. The van der Waals surface area contributed by atoms with Gasteiger partial charge in [-0.05, 0) is 49.9 Å². The van der Waals surface area contributed by atoms with Crippen LogP contribution in [0.25, 0.3) is 0 Å². The van der Waals surface area contributed by atoms with Gasteiger partial charge in [0.25, 0.3) is 0 Å². The Morgan fingerprint density at radius 2 is 2.00 bits per heavy atom. The molecule has 0 aliphatic carbocycles. The molecular formula is C14H22FN. The highest BCUT2D eigenvalue weighted by atomic mass is 19.1. The molecule has 1 N–H and O–H groups in total. The predicted molar refractivity (Wildman–Crippen MR) is 67.0 cm³/mol. The summed E-state index contributed by atoms with van der Waals surface area (Å²) in [5.41, 5.74) is 1.06. The van der Waals surface area contributed by atoms with Crippen molar-refractivity contribution in [3.63, 3.8) is 0 Å². The number of hydrogen-bond acceptors (Lipinski definition) is 1. The van der Waals surface area contributed by atoms with E-state index in [1.54, 1.807) is 12.1 Å². The minimum Gasteiger partial charge on any atom is -0.314 e. The third kappa shape index (κ3) is 5.26. The number of hydrogen-bond donors (Lipinski definition) is 1. The highest BCUT2D eigenvalue weighted by Crippen LogP contribution is 2.05. The Kier molecular flexibility index (Phi) is 5.47. The van der Waals surface area contributed by atoms with Crippen molar-refractivity contribution < 1.29 is 4.39 Å². The summed E-state index contributed by atoms with van der Waals surface area (Å²) in [6.07, 6.45) is 2.07. The van der Waals surface area contributed by atoms with Crippen LogP contribution in [0.15, 0.2) is 24.3 Å². The van der Waals surface area contributed by atoms with Gasteiger partial charge in [0.2, 0.25) is 0 Å². The van der Waals surface area contributed by atoms with Gasteiger partial charge in [0.05, 0.1) is 0 Å². The van der Waals surface area contributed by atoms with Crippen LogP contribution >= 0.6 is 0 Å². The number of rotatable bonds is 6. The van der Waals surface area contributed by atoms with Crippen LogP contribution < -0.4 is 5.32 Å². The molecule has 1 aromatic rings. The smallest absolute Gasteiger partial charge is 0.123 e. The monoisotopic (exact) mass is 223 g/mol. The Labute approximate surface area is 98.1 Å². The maximum Gasteiger partial charge on any atom is 0.123 e. The van der Waals surface area contributed by atoms with Crippen molar-refractivity contribution in [2.24, 2.45) is 5.92 Å². The van der Waals surface area contributed by atoms with Crippen molar-refractivity contribution in [2.45, 2.75) is 39.7 Å². The molecule has 0 spiro atoms. The lowest BCUT2D eigenvalue weighted by molar-refractivity contribution is 0.444. The molecule has 0 fully saturated rings. The maximum atomic E-state index is 12.9. The van der Waals surface area contributed by atoms with Gasteiger partial charge in [-0.15, -0.1) is 0 Å². The van der Waals surface area contributed by atoms with Gasteiger partial charge >= 0.3 is 0 Å². The Balaban J connectivity index is 2.25. The zero-order chi connectivity index (χ0) is 12.0. The molecule has 1 nitrogen and oxygen atoms in total. The van der Waals surface area contributed by atoms with Crippen molar-refractivity contribution >= 4 is 0 Å². The number of nitrogens with one attached hydrogen (secondary N) is 1. The van der Waals surface area contributed by atoms with Crippen molar-refractivity contribution in [1.82, 2.24) is 5.32 Å². The molecule has 0 aromatic heterocycles. The average molecular weight is 223 g/mol. The van der Waals surface area contributed by atoms with Crippen LogP contribution in [0.5, 0.6) is 0 Å². The third-order valence-electron chi connectivity index (χ3n) is 2.62. The van der Waals surface area contributed by atoms with E-state index in [4.69, 9.17) is 0 Å². The van der Waals surface area contributed by atoms with E-state index in [0.29, 0.717) is 6.04 Å². The van der Waals surface area contributed by atoms with Crippen LogP contribution in [0.4, 0.5) is 4.39 Å². The van der Waals surface area contributed by atoms with Gasteiger partial charge in [-0.1, -0.05) is 26.0 Å². The summed E-state index contributed by atoms with van der Waals surface area (Å²) in [7, 11) is 0. The van der Waals surface area contributed by atoms with E-state index in [-0.39, 0.29) is 5.82 Å². The van der Waals surface area contributed by atoms with Crippen LogP contribution in [0, 0.1) is 11.7 Å². The zero-order valence-electron chi connectivity index (χ0n) is 10.5. The van der Waals surface area contributed by atoms with Gasteiger partial charge in [-0.2, -0.15) is 0 Å². The third-order valence-corrected chi connectivity index (χ3v) is 2.62. The Morgan fingerprint density at radius 1 is 1.25 bits per heavy atom. The second-order valence-electron chi connectivity index (χ2n) is 4.86. The molecule has 1 aromatic carbocycles. The molecule has 0 bridgehead atoms. The lowest BCUT2D eigenvalue weighted by Gasteiger charge is -2.15. The molecule has 1 unspecified atom stereocenters. The summed E-state index contributed by atoms with van der Waals surface area (Å²) >= 11 is 0. The standard InChI is InChI=1S/C14H22FN/c1-11(2)9-12(3)16-8-7-13-5-4-6-14(15)10-13/h4-6,10-12,16H,7-9H2,1-3H3. The first kappa shape index (κ1) is 13.2. The first-order valence-electron chi connectivity index (χ1n) is 6.05. The summed E-state index contributed by atoms with van der Waals surface area (Å²) in [6.45, 7) is 7.57. The lowest BCUT2D eigenvalue weighted by atomic mass is 10.0. The Hall–Kier alpha value is -0.890. The quantitative estimate of drug-likeness (QED) is 0.779. The fourth-order valence-electron chi connectivity index (χ4n) is 1.95. The summed E-state index contributed by atoms with van der Waals surface area (Å²) < 4.78 is 12.9. The molecule has 1 atom stereocenters. The summed E-state index contributed by atoms with van der Waals surface area (Å²) in [4.78, 5) is 0. The SMILES string of the molecule is CC(C)CC(C)NCCc1cccc(F)c1. The molecule has 0 saturated carbocycles. The average Bonchev–Trinajstić information content (AvgIpc) is 2.16. The highest BCUT2D eigenvalue weighted by molar-refractivity contribution is 5.16. The zero-order valence-corrected chi connectivity index (χ0v) is 10.5. The Bertz CT molecular complexity index is 309. The topological polar surface area (TPSA) is 12.0 Å². The van der Waals surface area contributed by atoms with E-state index in [9.17, 15) is 4.39 Å². The van der Waals surface area contributed by atoms with Gasteiger partial charge in [0.15, 0.2) is 0 Å². The maximum absolute atomic E-state index is 12.9. The molecular weight excluding hydrogens is 201 g/mol. The lowest BCUT2D eigenvalue weighted by Crippen LogP contribution is -2.29. The van der Waals surface area contributed by atoms with E-state index in [1.165, 1.54) is 12.5 Å². The number of benzene rings is 1. The van der Waals surface area contributed by atoms with E-state index < -0.39 is 0 Å². The molecule has 0 heterocycles. The van der Waals surface area contributed by atoms with Crippen molar-refractivity contribution in [1.29, 1.82) is 0 Å². The van der Waals surface area contributed by atoms with E-state index in [1.807, 2.05) is 6.07 Å². The van der Waals surface area contributed by atoms with Crippen LogP contribution in [0.1, 0.15) is 32.8 Å². The molecule has 0 aliphatic heterocycles. The van der Waals surface area contributed by atoms with Gasteiger partial charge < -0.3 is 5.32 Å². The molecule has 0 radical (unpaired) electrons. The van der Waals surface area contributed by atoms with E-state index in [0.717, 1.165) is 24.4 Å². The molecule has 1 rings (SSSR count). The predicted octanol–water partition coefficient (Wildman–Crippen LogP) is 3.39. The molecule has 90 valence electrons. The normalized spacial score (nSPS) is 13.1. The van der Waals surface area contributed by atoms with Crippen LogP contribution in [0.3, 0.4) is 0 Å². The fraction of sp³-hybridized carbons (Fsp3) is 0.571. The summed E-state index contributed by atoms with van der Waals surface area (Å²) in [6, 6.07) is 7.36. The minimum atomic E-state index is -0.146. The molecule has 0 aliphatic rings. The molecule has 0 amide bonds. The first-order valence-corrected chi connectivity index (χ1v) is 6.05. The Morgan fingerprint density at radius 3 is 2.62 bits per heavy atom. The molecule has 2 heteroatoms. The van der Waals surface area contributed by atoms with Gasteiger partial charge in [0, 0.05) is 6.04 Å². The van der Waals surface area contributed by atoms with Crippen molar-refractivity contribution in [3.8, 4) is 0 Å². The van der Waals surface area contributed by atoms with E-state index in [2.05, 4.69) is 26.1 Å². The second-order valence-corrected chi connectivity index (χ2v) is 4.86. The van der Waals surface area contributed by atoms with Crippen LogP contribution in [0.2, 0.25) is 0 Å². The van der Waals surface area contributed by atoms with E-state index >= 15 is 0 Å². The summed E-state index contributed by atoms with van der Waals surface area (Å²) in [5.74, 6) is 0.574. The fourth-order valence-corrected chi connectivity index (χ4v) is 1.95. The molecule has 0 saturated heterocycles. The summed E-state index contributed by atoms with van der Waals surface area (Å²) in [5, 5.41) is 3.46. The largest absolute Gasteiger partial charge is 0.314 e. The van der Waals surface area contributed by atoms with Crippen LogP contribution in [-0.4, -0.2) is 12.6 Å². The van der Waals surface area contributed by atoms with Crippen molar-refractivity contribution in [3.05, 3.63) is 35.6 Å². The number of halogens is 1. The van der Waals surface area contributed by atoms with Crippen LogP contribution in [-0.2, 0) is 6.42 Å². The van der Waals surface area contributed by atoms with Gasteiger partial charge in [-0.25, -0.2) is 4.39 Å². The van der Waals surface area contributed by atoms with Crippen molar-refractivity contribution in [2.75, 3.05) is 6.54 Å². The van der Waals surface area contributed by atoms with Gasteiger partial charge in [-0.3, -0.25) is 0 Å². The molecule has 16 heavy (non-hydrogen) atoms.